The average molecular weight is 290 g/mol. The maximum absolute atomic E-state index is 13.1. The summed E-state index contributed by atoms with van der Waals surface area (Å²) in [6.07, 6.45) is 1.30. The van der Waals surface area contributed by atoms with Gasteiger partial charge in [0.2, 0.25) is 10.0 Å². The predicted molar refractivity (Wildman–Crippen MR) is 67.2 cm³/mol. The van der Waals surface area contributed by atoms with Crippen LogP contribution in [0.3, 0.4) is 0 Å². The van der Waals surface area contributed by atoms with Crippen molar-refractivity contribution in [1.29, 1.82) is 0 Å². The van der Waals surface area contributed by atoms with Crippen LogP contribution in [-0.2, 0) is 10.0 Å². The van der Waals surface area contributed by atoms with E-state index >= 15 is 0 Å². The molecule has 1 aromatic carbocycles. The van der Waals surface area contributed by atoms with E-state index in [2.05, 4.69) is 10.0 Å². The number of benzene rings is 1. The number of halogens is 2. The van der Waals surface area contributed by atoms with Crippen LogP contribution in [0, 0.1) is 11.6 Å². The highest BCUT2D eigenvalue weighted by molar-refractivity contribution is 7.89. The van der Waals surface area contributed by atoms with Crippen molar-refractivity contribution in [2.45, 2.75) is 30.2 Å². The Balaban J connectivity index is 2.24. The van der Waals surface area contributed by atoms with Crippen molar-refractivity contribution in [2.75, 3.05) is 13.1 Å². The van der Waals surface area contributed by atoms with Crippen molar-refractivity contribution in [2.24, 2.45) is 0 Å². The largest absolute Gasteiger partial charge is 0.317 e. The Morgan fingerprint density at radius 3 is 2.42 bits per heavy atom. The smallest absolute Gasteiger partial charge is 0.241 e. The van der Waals surface area contributed by atoms with Gasteiger partial charge >= 0.3 is 0 Å². The van der Waals surface area contributed by atoms with Gasteiger partial charge in [0, 0.05) is 5.54 Å². The van der Waals surface area contributed by atoms with Crippen molar-refractivity contribution in [3.05, 3.63) is 29.8 Å². The zero-order valence-corrected chi connectivity index (χ0v) is 11.4. The van der Waals surface area contributed by atoms with Gasteiger partial charge in [0.25, 0.3) is 0 Å². The molecule has 2 rings (SSSR count). The lowest BCUT2D eigenvalue weighted by molar-refractivity contribution is 0.308. The highest BCUT2D eigenvalue weighted by atomic mass is 32.2. The van der Waals surface area contributed by atoms with Gasteiger partial charge in [0.05, 0.1) is 4.90 Å². The first kappa shape index (κ1) is 14.4. The van der Waals surface area contributed by atoms with Gasteiger partial charge in [-0.2, -0.15) is 0 Å². The first-order chi connectivity index (χ1) is 8.82. The summed E-state index contributed by atoms with van der Waals surface area (Å²) in [5.41, 5.74) is -0.561. The van der Waals surface area contributed by atoms with Gasteiger partial charge in [-0.25, -0.2) is 21.9 Å². The van der Waals surface area contributed by atoms with E-state index in [4.69, 9.17) is 0 Å². The quantitative estimate of drug-likeness (QED) is 0.884. The van der Waals surface area contributed by atoms with Gasteiger partial charge in [0.15, 0.2) is 11.6 Å². The number of hydrogen-bond donors (Lipinski definition) is 2. The molecule has 1 saturated heterocycles. The van der Waals surface area contributed by atoms with Crippen LogP contribution in [0.4, 0.5) is 8.78 Å². The van der Waals surface area contributed by atoms with Crippen molar-refractivity contribution in [3.8, 4) is 0 Å². The third-order valence-electron chi connectivity index (χ3n) is 3.29. The molecule has 0 amide bonds. The van der Waals surface area contributed by atoms with Gasteiger partial charge in [0.1, 0.15) is 0 Å². The topological polar surface area (TPSA) is 58.2 Å². The Hall–Kier alpha value is -1.05. The summed E-state index contributed by atoms with van der Waals surface area (Å²) < 4.78 is 52.8. The Morgan fingerprint density at radius 1 is 1.21 bits per heavy atom. The SMILES string of the molecule is CC1(NS(=O)(=O)c2ccc(F)c(F)c2)CCNCC1. The molecule has 0 bridgehead atoms. The summed E-state index contributed by atoms with van der Waals surface area (Å²) in [6.45, 7) is 3.25. The fourth-order valence-electron chi connectivity index (χ4n) is 2.11. The minimum Gasteiger partial charge on any atom is -0.317 e. The van der Waals surface area contributed by atoms with Gasteiger partial charge in [-0.3, -0.25) is 0 Å². The van der Waals surface area contributed by atoms with Crippen LogP contribution in [0.5, 0.6) is 0 Å². The molecule has 1 aliphatic heterocycles. The van der Waals surface area contributed by atoms with Crippen molar-refractivity contribution in [1.82, 2.24) is 10.0 Å². The lowest BCUT2D eigenvalue weighted by Crippen LogP contribution is -2.52. The normalized spacial score (nSPS) is 19.3. The minimum absolute atomic E-state index is 0.258. The van der Waals surface area contributed by atoms with E-state index < -0.39 is 27.2 Å². The summed E-state index contributed by atoms with van der Waals surface area (Å²) in [5, 5.41) is 3.14. The molecule has 0 atom stereocenters. The van der Waals surface area contributed by atoms with Gasteiger partial charge < -0.3 is 5.32 Å². The van der Waals surface area contributed by atoms with Crippen LogP contribution in [-0.4, -0.2) is 27.0 Å². The average Bonchev–Trinajstić information content (AvgIpc) is 2.32. The Labute approximate surface area is 111 Å². The highest BCUT2D eigenvalue weighted by Crippen LogP contribution is 2.22. The van der Waals surface area contributed by atoms with Gasteiger partial charge in [-0.1, -0.05) is 0 Å². The third-order valence-corrected chi connectivity index (χ3v) is 4.93. The van der Waals surface area contributed by atoms with E-state index in [1.165, 1.54) is 0 Å². The minimum atomic E-state index is -3.84. The Morgan fingerprint density at radius 2 is 1.84 bits per heavy atom. The maximum Gasteiger partial charge on any atom is 0.241 e. The Bertz CT molecular complexity index is 569. The molecule has 7 heteroatoms. The van der Waals surface area contributed by atoms with Gasteiger partial charge in [-0.05, 0) is 51.1 Å². The van der Waals surface area contributed by atoms with Crippen LogP contribution in [0.1, 0.15) is 19.8 Å². The van der Waals surface area contributed by atoms with Crippen LogP contribution in [0.25, 0.3) is 0 Å². The molecule has 19 heavy (non-hydrogen) atoms. The molecule has 0 aliphatic carbocycles. The lowest BCUT2D eigenvalue weighted by atomic mass is 9.92. The molecule has 2 N–H and O–H groups in total. The second-order valence-electron chi connectivity index (χ2n) is 4.99. The molecule has 0 spiro atoms. The second-order valence-corrected chi connectivity index (χ2v) is 6.67. The van der Waals surface area contributed by atoms with Crippen LogP contribution in [0.2, 0.25) is 0 Å². The molecule has 0 saturated carbocycles. The van der Waals surface area contributed by atoms with E-state index in [0.29, 0.717) is 18.9 Å². The number of sulfonamides is 1. The van der Waals surface area contributed by atoms with Crippen LogP contribution < -0.4 is 10.0 Å². The molecule has 0 unspecified atom stereocenters. The molecule has 1 aromatic rings. The first-order valence-electron chi connectivity index (χ1n) is 6.02. The molecule has 4 nitrogen and oxygen atoms in total. The van der Waals surface area contributed by atoms with Crippen molar-refractivity contribution >= 4 is 10.0 Å². The second kappa shape index (κ2) is 5.15. The monoisotopic (exact) mass is 290 g/mol. The Kier molecular flexibility index (Phi) is 3.89. The highest BCUT2D eigenvalue weighted by Gasteiger charge is 2.32. The number of piperidine rings is 1. The predicted octanol–water partition coefficient (Wildman–Crippen LogP) is 1.39. The van der Waals surface area contributed by atoms with Gasteiger partial charge in [-0.15, -0.1) is 0 Å². The summed E-state index contributed by atoms with van der Waals surface area (Å²) in [7, 11) is -3.84. The van der Waals surface area contributed by atoms with Crippen molar-refractivity contribution in [3.63, 3.8) is 0 Å². The standard InChI is InChI=1S/C12H16F2N2O2S/c1-12(4-6-15-7-5-12)16-19(17,18)9-2-3-10(13)11(14)8-9/h2-3,8,15-16H,4-7H2,1H3. The maximum atomic E-state index is 13.1. The lowest BCUT2D eigenvalue weighted by Gasteiger charge is -2.34. The molecule has 106 valence electrons. The van der Waals surface area contributed by atoms with E-state index in [9.17, 15) is 17.2 Å². The van der Waals surface area contributed by atoms with Crippen molar-refractivity contribution < 1.29 is 17.2 Å². The molecular formula is C12H16F2N2O2S. The molecule has 1 aliphatic rings. The first-order valence-corrected chi connectivity index (χ1v) is 7.50. The van der Waals surface area contributed by atoms with E-state index in [1.54, 1.807) is 0 Å². The zero-order chi connectivity index (χ0) is 14.1. The molecule has 1 fully saturated rings. The van der Waals surface area contributed by atoms with E-state index in [-0.39, 0.29) is 4.90 Å². The molecule has 1 heterocycles. The summed E-state index contributed by atoms with van der Waals surface area (Å²) in [6, 6.07) is 2.57. The number of hydrogen-bond acceptors (Lipinski definition) is 3. The fraction of sp³-hybridized carbons (Fsp3) is 0.500. The summed E-state index contributed by atoms with van der Waals surface area (Å²) >= 11 is 0. The number of nitrogens with one attached hydrogen (secondary N) is 2. The zero-order valence-electron chi connectivity index (χ0n) is 10.5. The van der Waals surface area contributed by atoms with E-state index in [0.717, 1.165) is 25.2 Å². The fourth-order valence-corrected chi connectivity index (χ4v) is 3.58. The number of rotatable bonds is 3. The molecule has 0 radical (unpaired) electrons. The third kappa shape index (κ3) is 3.29. The van der Waals surface area contributed by atoms with Crippen LogP contribution in [0.15, 0.2) is 23.1 Å². The van der Waals surface area contributed by atoms with E-state index in [1.807, 2.05) is 6.92 Å². The molecular weight excluding hydrogens is 274 g/mol. The van der Waals surface area contributed by atoms with Crippen LogP contribution >= 0.6 is 0 Å². The molecule has 0 aromatic heterocycles. The summed E-state index contributed by atoms with van der Waals surface area (Å²) in [5.74, 6) is -2.23. The summed E-state index contributed by atoms with van der Waals surface area (Å²) in [4.78, 5) is -0.258.